The van der Waals surface area contributed by atoms with E-state index >= 15 is 0 Å². The first-order chi connectivity index (χ1) is 9.73. The molecule has 1 saturated heterocycles. The maximum absolute atomic E-state index is 13.6. The summed E-state index contributed by atoms with van der Waals surface area (Å²) in [5.74, 6) is 0.184. The molecule has 1 aromatic rings. The van der Waals surface area contributed by atoms with Gasteiger partial charge in [-0.25, -0.2) is 12.8 Å². The number of hydrogen-bond donors (Lipinski definition) is 1. The quantitative estimate of drug-likeness (QED) is 0.859. The number of nitrogens with zero attached hydrogens (tertiary/aromatic N) is 1. The molecule has 0 spiro atoms. The van der Waals surface area contributed by atoms with Crippen molar-refractivity contribution in [1.82, 2.24) is 4.31 Å². The van der Waals surface area contributed by atoms with Crippen molar-refractivity contribution in [3.8, 4) is 0 Å². The van der Waals surface area contributed by atoms with Crippen LogP contribution in [0.4, 0.5) is 4.39 Å². The Hall–Kier alpha value is -1.05. The van der Waals surface area contributed by atoms with Gasteiger partial charge in [0.25, 0.3) is 0 Å². The number of nitrogens with two attached hydrogens (primary N) is 1. The zero-order chi connectivity index (χ0) is 15.8. The maximum atomic E-state index is 13.6. The van der Waals surface area contributed by atoms with Crippen LogP contribution in [0.3, 0.4) is 0 Å². The molecule has 0 bridgehead atoms. The second-order valence-electron chi connectivity index (χ2n) is 5.66. The van der Waals surface area contributed by atoms with E-state index in [2.05, 4.69) is 13.8 Å². The molecule has 116 valence electrons. The van der Waals surface area contributed by atoms with E-state index in [0.29, 0.717) is 24.9 Å². The van der Waals surface area contributed by atoms with Gasteiger partial charge in [0.2, 0.25) is 10.0 Å². The Balaban J connectivity index is 2.33. The van der Waals surface area contributed by atoms with Crippen LogP contribution >= 0.6 is 12.2 Å². The molecule has 1 aliphatic heterocycles. The van der Waals surface area contributed by atoms with Crippen molar-refractivity contribution in [2.75, 3.05) is 13.1 Å². The van der Waals surface area contributed by atoms with E-state index in [-0.39, 0.29) is 15.4 Å². The molecule has 0 aromatic heterocycles. The van der Waals surface area contributed by atoms with Crippen LogP contribution in [0.2, 0.25) is 0 Å². The fraction of sp³-hybridized carbons (Fsp3) is 0.500. The van der Waals surface area contributed by atoms with Gasteiger partial charge in [0.1, 0.15) is 10.8 Å². The third kappa shape index (κ3) is 3.25. The molecule has 7 heteroatoms. The van der Waals surface area contributed by atoms with Crippen LogP contribution in [0.25, 0.3) is 0 Å². The number of rotatable bonds is 4. The standard InChI is InChI=1S/C14H19FN2O2S2/c1-9(2)10-5-6-17(8-10)21(18,19)11-3-4-13(15)12(7-11)14(16)20/h3-4,7,9-10H,5-6,8H2,1-2H3,(H2,16,20). The Morgan fingerprint density at radius 1 is 1.48 bits per heavy atom. The Labute approximate surface area is 130 Å². The molecule has 1 unspecified atom stereocenters. The highest BCUT2D eigenvalue weighted by molar-refractivity contribution is 7.89. The molecular formula is C14H19FN2O2S2. The van der Waals surface area contributed by atoms with Gasteiger partial charge in [-0.15, -0.1) is 0 Å². The van der Waals surface area contributed by atoms with Crippen LogP contribution < -0.4 is 5.73 Å². The number of sulfonamides is 1. The average Bonchev–Trinajstić information content (AvgIpc) is 2.89. The van der Waals surface area contributed by atoms with Crippen molar-refractivity contribution in [3.63, 3.8) is 0 Å². The lowest BCUT2D eigenvalue weighted by molar-refractivity contribution is 0.388. The largest absolute Gasteiger partial charge is 0.389 e. The van der Waals surface area contributed by atoms with Crippen LogP contribution in [-0.4, -0.2) is 30.8 Å². The average molecular weight is 330 g/mol. The minimum Gasteiger partial charge on any atom is -0.389 e. The number of hydrogen-bond acceptors (Lipinski definition) is 3. The second kappa shape index (κ2) is 5.98. The normalized spacial score (nSPS) is 20.1. The van der Waals surface area contributed by atoms with Gasteiger partial charge in [-0.2, -0.15) is 4.31 Å². The first-order valence-electron chi connectivity index (χ1n) is 6.83. The van der Waals surface area contributed by atoms with Gasteiger partial charge in [-0.1, -0.05) is 26.1 Å². The molecule has 1 aliphatic rings. The van der Waals surface area contributed by atoms with Crippen molar-refractivity contribution in [3.05, 3.63) is 29.6 Å². The lowest BCUT2D eigenvalue weighted by Crippen LogP contribution is -2.30. The maximum Gasteiger partial charge on any atom is 0.243 e. The van der Waals surface area contributed by atoms with Crippen molar-refractivity contribution >= 4 is 27.2 Å². The summed E-state index contributed by atoms with van der Waals surface area (Å²) in [6.07, 6.45) is 0.847. The summed E-state index contributed by atoms with van der Waals surface area (Å²) in [6, 6.07) is 3.57. The van der Waals surface area contributed by atoms with E-state index in [1.165, 1.54) is 16.4 Å². The molecule has 0 saturated carbocycles. The molecule has 2 rings (SSSR count). The first kappa shape index (κ1) is 16.3. The lowest BCUT2D eigenvalue weighted by Gasteiger charge is -2.18. The molecular weight excluding hydrogens is 311 g/mol. The first-order valence-corrected chi connectivity index (χ1v) is 8.68. The summed E-state index contributed by atoms with van der Waals surface area (Å²) in [4.78, 5) is -0.109. The van der Waals surface area contributed by atoms with Crippen molar-refractivity contribution in [2.24, 2.45) is 17.6 Å². The van der Waals surface area contributed by atoms with Crippen LogP contribution in [0.1, 0.15) is 25.8 Å². The highest BCUT2D eigenvalue weighted by Gasteiger charge is 2.34. The summed E-state index contributed by atoms with van der Waals surface area (Å²) < 4.78 is 40.2. The summed E-state index contributed by atoms with van der Waals surface area (Å²) >= 11 is 4.75. The van der Waals surface area contributed by atoms with E-state index in [0.717, 1.165) is 12.5 Å². The van der Waals surface area contributed by atoms with E-state index in [4.69, 9.17) is 18.0 Å². The van der Waals surface area contributed by atoms with Gasteiger partial charge in [0.15, 0.2) is 0 Å². The lowest BCUT2D eigenvalue weighted by atomic mass is 9.96. The fourth-order valence-corrected chi connectivity index (χ4v) is 4.21. The second-order valence-corrected chi connectivity index (χ2v) is 8.04. The molecule has 1 aromatic carbocycles. The van der Waals surface area contributed by atoms with Crippen LogP contribution in [0, 0.1) is 17.7 Å². The van der Waals surface area contributed by atoms with Gasteiger partial charge >= 0.3 is 0 Å². The predicted molar refractivity (Wildman–Crippen MR) is 84.0 cm³/mol. The summed E-state index contributed by atoms with van der Waals surface area (Å²) in [5.41, 5.74) is 5.39. The topological polar surface area (TPSA) is 63.4 Å². The van der Waals surface area contributed by atoms with Crippen molar-refractivity contribution in [1.29, 1.82) is 0 Å². The molecule has 1 heterocycles. The van der Waals surface area contributed by atoms with Crippen LogP contribution in [0.15, 0.2) is 23.1 Å². The van der Waals surface area contributed by atoms with Crippen molar-refractivity contribution < 1.29 is 12.8 Å². The summed E-state index contributed by atoms with van der Waals surface area (Å²) in [7, 11) is -3.63. The van der Waals surface area contributed by atoms with E-state index < -0.39 is 15.8 Å². The third-order valence-corrected chi connectivity index (χ3v) is 6.05. The molecule has 0 radical (unpaired) electrons. The van der Waals surface area contributed by atoms with E-state index in [1.54, 1.807) is 0 Å². The van der Waals surface area contributed by atoms with Gasteiger partial charge in [-0.3, -0.25) is 0 Å². The van der Waals surface area contributed by atoms with Gasteiger partial charge in [0.05, 0.1) is 4.90 Å². The third-order valence-electron chi connectivity index (χ3n) is 3.97. The SMILES string of the molecule is CC(C)C1CCN(S(=O)(=O)c2ccc(F)c(C(N)=S)c2)C1. The van der Waals surface area contributed by atoms with Crippen LogP contribution in [0.5, 0.6) is 0 Å². The van der Waals surface area contributed by atoms with E-state index in [1.807, 2.05) is 0 Å². The minimum atomic E-state index is -3.63. The van der Waals surface area contributed by atoms with Crippen LogP contribution in [-0.2, 0) is 10.0 Å². The molecule has 2 N–H and O–H groups in total. The van der Waals surface area contributed by atoms with Crippen molar-refractivity contribution in [2.45, 2.75) is 25.2 Å². The molecule has 21 heavy (non-hydrogen) atoms. The Morgan fingerprint density at radius 3 is 2.67 bits per heavy atom. The molecule has 0 amide bonds. The Kier molecular flexibility index (Phi) is 4.65. The predicted octanol–water partition coefficient (Wildman–Crippen LogP) is 2.13. The highest BCUT2D eigenvalue weighted by atomic mass is 32.2. The van der Waals surface area contributed by atoms with E-state index in [9.17, 15) is 12.8 Å². The number of thiocarbonyl (C=S) groups is 1. The Bertz CT molecular complexity index is 659. The molecule has 0 aliphatic carbocycles. The zero-order valence-corrected chi connectivity index (χ0v) is 13.7. The molecule has 4 nitrogen and oxygen atoms in total. The summed E-state index contributed by atoms with van der Waals surface area (Å²) in [6.45, 7) is 5.16. The molecule has 1 fully saturated rings. The number of benzene rings is 1. The van der Waals surface area contributed by atoms with Gasteiger partial charge in [0, 0.05) is 18.7 Å². The zero-order valence-electron chi connectivity index (χ0n) is 12.0. The number of halogens is 1. The monoisotopic (exact) mass is 330 g/mol. The Morgan fingerprint density at radius 2 is 2.14 bits per heavy atom. The smallest absolute Gasteiger partial charge is 0.243 e. The minimum absolute atomic E-state index is 0.0364. The molecule has 1 atom stereocenters. The van der Waals surface area contributed by atoms with Gasteiger partial charge in [-0.05, 0) is 36.5 Å². The highest BCUT2D eigenvalue weighted by Crippen LogP contribution is 2.29. The van der Waals surface area contributed by atoms with Gasteiger partial charge < -0.3 is 5.73 Å². The summed E-state index contributed by atoms with van der Waals surface area (Å²) in [5, 5.41) is 0. The fourth-order valence-electron chi connectivity index (χ4n) is 2.52.